The molecule has 0 fully saturated rings. The van der Waals surface area contributed by atoms with Gasteiger partial charge < -0.3 is 13.9 Å². The van der Waals surface area contributed by atoms with Crippen molar-refractivity contribution in [3.05, 3.63) is 64.7 Å². The molecule has 0 spiro atoms. The average Bonchev–Trinajstić information content (AvgIpc) is 3.36. The van der Waals surface area contributed by atoms with Gasteiger partial charge in [0.25, 0.3) is 0 Å². The molecule has 32 heavy (non-hydrogen) atoms. The van der Waals surface area contributed by atoms with E-state index in [9.17, 15) is 4.79 Å². The quantitative estimate of drug-likeness (QED) is 0.428. The van der Waals surface area contributed by atoms with Crippen LogP contribution in [0.25, 0.3) is 11.0 Å². The first-order valence-corrected chi connectivity index (χ1v) is 10.1. The van der Waals surface area contributed by atoms with Gasteiger partial charge in [0.15, 0.2) is 11.4 Å². The van der Waals surface area contributed by atoms with Crippen LogP contribution < -0.4 is 20.3 Å². The van der Waals surface area contributed by atoms with Gasteiger partial charge in [0.1, 0.15) is 23.1 Å². The second kappa shape index (κ2) is 8.62. The van der Waals surface area contributed by atoms with E-state index >= 15 is 0 Å². The number of carbonyl (C=O) groups is 1. The van der Waals surface area contributed by atoms with E-state index in [0.717, 1.165) is 39.4 Å². The Morgan fingerprint density at radius 2 is 1.94 bits per heavy atom. The summed E-state index contributed by atoms with van der Waals surface area (Å²) < 4.78 is 18.2. The third kappa shape index (κ3) is 4.09. The number of nitrogens with one attached hydrogen (secondary N) is 2. The molecule has 0 unspecified atom stereocenters. The number of pyridine rings is 1. The van der Waals surface area contributed by atoms with E-state index in [2.05, 4.69) is 20.9 Å². The third-order valence-electron chi connectivity index (χ3n) is 5.21. The maximum Gasteiger partial charge on any atom is 0.305 e. The molecule has 3 heterocycles. The number of hydrogen-bond donors (Lipinski definition) is 2. The Morgan fingerprint density at radius 1 is 1.12 bits per heavy atom. The van der Waals surface area contributed by atoms with Crippen LogP contribution in [0, 0.1) is 13.8 Å². The Hall–Kier alpha value is -4.01. The van der Waals surface area contributed by atoms with Crippen LogP contribution in [-0.4, -0.2) is 34.9 Å². The van der Waals surface area contributed by atoms with Crippen LogP contribution in [-0.2, 0) is 13.5 Å². The fraction of sp³-hybridized carbons (Fsp3) is 0.261. The molecule has 0 aliphatic heterocycles. The number of benzene rings is 1. The van der Waals surface area contributed by atoms with Crippen molar-refractivity contribution in [1.29, 1.82) is 0 Å². The number of rotatable bonds is 7. The fourth-order valence-electron chi connectivity index (χ4n) is 3.71. The van der Waals surface area contributed by atoms with Crippen molar-refractivity contribution >= 4 is 22.8 Å². The summed E-state index contributed by atoms with van der Waals surface area (Å²) in [4.78, 5) is 17.1. The molecule has 3 aromatic heterocycles. The van der Waals surface area contributed by atoms with Crippen molar-refractivity contribution in [3.8, 4) is 11.5 Å². The van der Waals surface area contributed by atoms with Crippen LogP contribution in [0.4, 0.5) is 5.82 Å². The molecule has 9 heteroatoms. The summed E-state index contributed by atoms with van der Waals surface area (Å²) in [5.41, 5.74) is 9.06. The van der Waals surface area contributed by atoms with Crippen molar-refractivity contribution < 1.29 is 18.7 Å². The van der Waals surface area contributed by atoms with Gasteiger partial charge in [0, 0.05) is 24.4 Å². The molecular weight excluding hydrogens is 410 g/mol. The number of anilines is 1. The van der Waals surface area contributed by atoms with Crippen LogP contribution in [0.1, 0.15) is 33.1 Å². The number of furan rings is 1. The molecule has 9 nitrogen and oxygen atoms in total. The first-order chi connectivity index (χ1) is 15.4. The Balaban J connectivity index is 1.46. The van der Waals surface area contributed by atoms with E-state index in [0.29, 0.717) is 18.0 Å². The second-order valence-corrected chi connectivity index (χ2v) is 7.43. The molecule has 1 aromatic carbocycles. The lowest BCUT2D eigenvalue weighted by Crippen LogP contribution is -2.29. The maximum atomic E-state index is 12.6. The summed E-state index contributed by atoms with van der Waals surface area (Å²) in [7, 11) is 5.06. The maximum absolute atomic E-state index is 12.6. The fourth-order valence-corrected chi connectivity index (χ4v) is 3.71. The number of hydrazine groups is 1. The highest BCUT2D eigenvalue weighted by molar-refractivity contribution is 5.92. The van der Waals surface area contributed by atoms with Gasteiger partial charge >= 0.3 is 5.91 Å². The van der Waals surface area contributed by atoms with Crippen molar-refractivity contribution in [1.82, 2.24) is 20.2 Å². The second-order valence-electron chi connectivity index (χ2n) is 7.43. The SMILES string of the molecule is COc1ccc(OC)c(Cc2ccc(C(=O)NNc3cc(C)c4c(C)nn(C)c4n3)o2)c1. The number of hydrogen-bond acceptors (Lipinski definition) is 7. The minimum absolute atomic E-state index is 0.184. The van der Waals surface area contributed by atoms with Crippen LogP contribution in [0.2, 0.25) is 0 Å². The summed E-state index contributed by atoms with van der Waals surface area (Å²) in [5, 5.41) is 5.41. The average molecular weight is 435 g/mol. The minimum atomic E-state index is -0.408. The zero-order valence-corrected chi connectivity index (χ0v) is 18.6. The highest BCUT2D eigenvalue weighted by atomic mass is 16.5. The van der Waals surface area contributed by atoms with E-state index in [1.165, 1.54) is 0 Å². The van der Waals surface area contributed by atoms with Crippen LogP contribution in [0.5, 0.6) is 11.5 Å². The number of nitrogens with zero attached hydrogens (tertiary/aromatic N) is 3. The highest BCUT2D eigenvalue weighted by Gasteiger charge is 2.15. The van der Waals surface area contributed by atoms with Crippen molar-refractivity contribution in [3.63, 3.8) is 0 Å². The number of ether oxygens (including phenoxy) is 2. The lowest BCUT2D eigenvalue weighted by atomic mass is 10.1. The number of fused-ring (bicyclic) bond motifs is 1. The first kappa shape index (κ1) is 21.2. The summed E-state index contributed by atoms with van der Waals surface area (Å²) in [6, 6.07) is 10.8. The monoisotopic (exact) mass is 435 g/mol. The number of aromatic nitrogens is 3. The molecular formula is C23H25N5O4. The molecule has 166 valence electrons. The summed E-state index contributed by atoms with van der Waals surface area (Å²) >= 11 is 0. The highest BCUT2D eigenvalue weighted by Crippen LogP contribution is 2.27. The van der Waals surface area contributed by atoms with Crippen molar-refractivity contribution in [2.45, 2.75) is 20.3 Å². The Morgan fingerprint density at radius 3 is 2.69 bits per heavy atom. The smallest absolute Gasteiger partial charge is 0.305 e. The van der Waals surface area contributed by atoms with Gasteiger partial charge in [-0.3, -0.25) is 20.3 Å². The van der Waals surface area contributed by atoms with Crippen LogP contribution in [0.3, 0.4) is 0 Å². The molecule has 0 atom stereocenters. The zero-order chi connectivity index (χ0) is 22.8. The predicted molar refractivity (Wildman–Crippen MR) is 120 cm³/mol. The zero-order valence-electron chi connectivity index (χ0n) is 18.6. The van der Waals surface area contributed by atoms with E-state index < -0.39 is 5.91 Å². The van der Waals surface area contributed by atoms with E-state index in [1.807, 2.05) is 45.2 Å². The molecule has 4 aromatic rings. The minimum Gasteiger partial charge on any atom is -0.497 e. The number of aryl methyl sites for hydroxylation is 3. The van der Waals surface area contributed by atoms with Gasteiger partial charge in [-0.05, 0) is 55.8 Å². The van der Waals surface area contributed by atoms with E-state index in [-0.39, 0.29) is 5.76 Å². The molecule has 0 saturated heterocycles. The van der Waals surface area contributed by atoms with Crippen molar-refractivity contribution in [2.75, 3.05) is 19.6 Å². The standard InChI is InChI=1S/C23H25N5O4/c1-13-10-20(24-22-21(13)14(2)27-28(22)3)25-26-23(29)19-9-7-17(32-19)12-15-11-16(30-4)6-8-18(15)31-5/h6-11H,12H2,1-5H3,(H,24,25)(H,26,29). The van der Waals surface area contributed by atoms with Gasteiger partial charge in [0.05, 0.1) is 19.9 Å². The topological polar surface area (TPSA) is 103 Å². The number of carbonyl (C=O) groups excluding carboxylic acids is 1. The number of methoxy groups -OCH3 is 2. The lowest BCUT2D eigenvalue weighted by Gasteiger charge is -2.09. The third-order valence-corrected chi connectivity index (χ3v) is 5.21. The van der Waals surface area contributed by atoms with Crippen molar-refractivity contribution in [2.24, 2.45) is 7.05 Å². The molecule has 4 rings (SSSR count). The van der Waals surface area contributed by atoms with Gasteiger partial charge in [0.2, 0.25) is 0 Å². The first-order valence-electron chi connectivity index (χ1n) is 10.1. The lowest BCUT2D eigenvalue weighted by molar-refractivity contribution is 0.0933. The molecule has 0 radical (unpaired) electrons. The number of amides is 1. The Bertz CT molecular complexity index is 1290. The Labute approximate surface area is 185 Å². The molecule has 2 N–H and O–H groups in total. The predicted octanol–water partition coefficient (Wildman–Crippen LogP) is 3.54. The molecule has 1 amide bonds. The normalized spacial score (nSPS) is 10.9. The van der Waals surface area contributed by atoms with Gasteiger partial charge in [-0.25, -0.2) is 4.98 Å². The summed E-state index contributed by atoms with van der Waals surface area (Å²) in [6.45, 7) is 3.93. The summed E-state index contributed by atoms with van der Waals surface area (Å²) in [6.07, 6.45) is 0.457. The molecule has 0 aliphatic carbocycles. The van der Waals surface area contributed by atoms with Gasteiger partial charge in [-0.2, -0.15) is 5.10 Å². The van der Waals surface area contributed by atoms with E-state index in [1.54, 1.807) is 31.0 Å². The Kier molecular flexibility index (Phi) is 5.72. The molecule has 0 bridgehead atoms. The largest absolute Gasteiger partial charge is 0.497 e. The van der Waals surface area contributed by atoms with Crippen LogP contribution >= 0.6 is 0 Å². The van der Waals surface area contributed by atoms with Crippen LogP contribution in [0.15, 0.2) is 40.8 Å². The molecule has 0 aliphatic rings. The van der Waals surface area contributed by atoms with Gasteiger partial charge in [-0.15, -0.1) is 0 Å². The van der Waals surface area contributed by atoms with E-state index in [4.69, 9.17) is 13.9 Å². The molecule has 0 saturated carbocycles. The van der Waals surface area contributed by atoms with Gasteiger partial charge in [-0.1, -0.05) is 0 Å². The summed E-state index contributed by atoms with van der Waals surface area (Å²) in [5.74, 6) is 2.36.